The minimum atomic E-state index is -0.450. The Morgan fingerprint density at radius 2 is 1.72 bits per heavy atom. The maximum absolute atomic E-state index is 13.7. The van der Waals surface area contributed by atoms with Crippen LogP contribution < -0.4 is 10.3 Å². The molecule has 3 rings (SSSR count). The average molecular weight is 494 g/mol. The normalized spacial score (nSPS) is 13.4. The van der Waals surface area contributed by atoms with Crippen molar-refractivity contribution >= 4 is 16.8 Å². The minimum absolute atomic E-state index is 0.0278. The van der Waals surface area contributed by atoms with Crippen molar-refractivity contribution in [2.45, 2.75) is 53.5 Å². The molecule has 1 amide bonds. The second kappa shape index (κ2) is 11.7. The number of rotatable bonds is 10. The smallest absolute Gasteiger partial charge is 0.266 e. The first-order valence-corrected chi connectivity index (χ1v) is 12.5. The second-order valence-electron chi connectivity index (χ2n) is 10.7. The predicted octanol–water partition coefficient (Wildman–Crippen LogP) is 5.39. The highest BCUT2D eigenvalue weighted by Gasteiger charge is 2.28. The number of nitrogens with zero attached hydrogens (tertiary/aromatic N) is 3. The van der Waals surface area contributed by atoms with Gasteiger partial charge in [-0.15, -0.1) is 0 Å². The van der Waals surface area contributed by atoms with Crippen LogP contribution in [0.1, 0.15) is 59.3 Å². The number of benzene rings is 2. The highest BCUT2D eigenvalue weighted by atomic mass is 16.5. The average Bonchev–Trinajstić information content (AvgIpc) is 2.83. The van der Waals surface area contributed by atoms with E-state index >= 15 is 0 Å². The molecule has 3 aromatic rings. The molecule has 1 aromatic heterocycles. The van der Waals surface area contributed by atoms with E-state index in [9.17, 15) is 9.59 Å². The van der Waals surface area contributed by atoms with Gasteiger partial charge in [-0.25, -0.2) is 4.98 Å². The highest BCUT2D eigenvalue weighted by Crippen LogP contribution is 2.29. The maximum atomic E-state index is 13.7. The van der Waals surface area contributed by atoms with E-state index in [0.29, 0.717) is 47.7 Å². The summed E-state index contributed by atoms with van der Waals surface area (Å²) in [6, 6.07) is 14.1. The number of amides is 1. The molecule has 2 atom stereocenters. The van der Waals surface area contributed by atoms with Crippen LogP contribution in [-0.2, 0) is 9.53 Å². The molecule has 1 heterocycles. The molecular weight excluding hydrogens is 454 g/mol. The summed E-state index contributed by atoms with van der Waals surface area (Å²) < 4.78 is 12.2. The number of aromatic nitrogens is 2. The zero-order valence-electron chi connectivity index (χ0n) is 22.6. The van der Waals surface area contributed by atoms with E-state index in [-0.39, 0.29) is 22.8 Å². The minimum Gasteiger partial charge on any atom is -0.497 e. The Morgan fingerprint density at radius 1 is 1.06 bits per heavy atom. The quantitative estimate of drug-likeness (QED) is 0.378. The Kier molecular flexibility index (Phi) is 8.90. The number of para-hydroxylation sites is 1. The van der Waals surface area contributed by atoms with Crippen LogP contribution in [-0.4, -0.2) is 47.7 Å². The molecular formula is C29H39N3O4. The zero-order valence-corrected chi connectivity index (χ0v) is 22.6. The van der Waals surface area contributed by atoms with Gasteiger partial charge in [-0.2, -0.15) is 0 Å². The van der Waals surface area contributed by atoms with E-state index in [4.69, 9.17) is 14.5 Å². The van der Waals surface area contributed by atoms with Crippen molar-refractivity contribution in [1.29, 1.82) is 0 Å². The summed E-state index contributed by atoms with van der Waals surface area (Å²) in [6.07, 6.45) is 1.36. The molecule has 0 aliphatic carbocycles. The Labute approximate surface area is 214 Å². The largest absolute Gasteiger partial charge is 0.497 e. The first-order chi connectivity index (χ1) is 17.1. The van der Waals surface area contributed by atoms with Gasteiger partial charge in [0.1, 0.15) is 11.6 Å². The molecule has 2 unspecified atom stereocenters. The van der Waals surface area contributed by atoms with E-state index in [0.717, 1.165) is 6.42 Å². The van der Waals surface area contributed by atoms with Crippen LogP contribution in [0.4, 0.5) is 0 Å². The van der Waals surface area contributed by atoms with Crippen molar-refractivity contribution in [3.05, 3.63) is 64.7 Å². The summed E-state index contributed by atoms with van der Waals surface area (Å²) in [7, 11) is 3.23. The molecule has 0 N–H and O–H groups in total. The second-order valence-corrected chi connectivity index (χ2v) is 10.7. The number of methoxy groups -OCH3 is 2. The van der Waals surface area contributed by atoms with Crippen LogP contribution in [0, 0.1) is 11.3 Å². The fraction of sp³-hybridized carbons (Fsp3) is 0.483. The van der Waals surface area contributed by atoms with E-state index in [2.05, 4.69) is 27.7 Å². The van der Waals surface area contributed by atoms with E-state index < -0.39 is 6.04 Å². The highest BCUT2D eigenvalue weighted by molar-refractivity contribution is 5.79. The third kappa shape index (κ3) is 6.52. The van der Waals surface area contributed by atoms with E-state index in [1.807, 2.05) is 49.4 Å². The van der Waals surface area contributed by atoms with Crippen LogP contribution in [0.5, 0.6) is 5.75 Å². The van der Waals surface area contributed by atoms with Crippen molar-refractivity contribution in [2.24, 2.45) is 11.3 Å². The lowest BCUT2D eigenvalue weighted by Gasteiger charge is -2.32. The van der Waals surface area contributed by atoms with Crippen LogP contribution in [0.3, 0.4) is 0 Å². The number of carbonyl (C=O) groups is 1. The Morgan fingerprint density at radius 3 is 2.33 bits per heavy atom. The number of hydrogen-bond donors (Lipinski definition) is 0. The van der Waals surface area contributed by atoms with Crippen molar-refractivity contribution in [2.75, 3.05) is 27.4 Å². The molecule has 7 heteroatoms. The third-order valence-electron chi connectivity index (χ3n) is 6.31. The van der Waals surface area contributed by atoms with Crippen molar-refractivity contribution < 1.29 is 14.3 Å². The number of hydrogen-bond acceptors (Lipinski definition) is 5. The van der Waals surface area contributed by atoms with E-state index in [1.165, 1.54) is 0 Å². The molecule has 0 bridgehead atoms. The van der Waals surface area contributed by atoms with Crippen LogP contribution in [0.25, 0.3) is 16.6 Å². The standard InChI is InChI=1S/C29H39N3O4/c1-20(19-29(3,4)5)18-26(33)31(16-17-35-6)21(2)27-30-25-11-9-8-10-24(25)28(34)32(27)22-12-14-23(36-7)15-13-22/h8-15,20-21H,16-19H2,1-7H3. The van der Waals surface area contributed by atoms with Gasteiger partial charge in [0.2, 0.25) is 5.91 Å². The lowest BCUT2D eigenvalue weighted by Crippen LogP contribution is -2.40. The molecule has 0 aliphatic rings. The molecule has 36 heavy (non-hydrogen) atoms. The van der Waals surface area contributed by atoms with Gasteiger partial charge in [0.25, 0.3) is 5.56 Å². The number of fused-ring (bicyclic) bond motifs is 1. The van der Waals surface area contributed by atoms with Gasteiger partial charge in [0, 0.05) is 20.1 Å². The molecule has 0 saturated carbocycles. The van der Waals surface area contributed by atoms with Crippen LogP contribution in [0.15, 0.2) is 53.3 Å². The van der Waals surface area contributed by atoms with Gasteiger partial charge in [0.15, 0.2) is 0 Å². The zero-order chi connectivity index (χ0) is 26.5. The van der Waals surface area contributed by atoms with Gasteiger partial charge in [-0.3, -0.25) is 14.2 Å². The Balaban J connectivity index is 2.09. The lowest BCUT2D eigenvalue weighted by molar-refractivity contribution is -0.135. The van der Waals surface area contributed by atoms with Crippen molar-refractivity contribution in [3.63, 3.8) is 0 Å². The SMILES string of the molecule is COCCN(C(=O)CC(C)CC(C)(C)C)C(C)c1nc2ccccc2c(=O)n1-c1ccc(OC)cc1. The first kappa shape index (κ1) is 27.4. The molecule has 0 spiro atoms. The topological polar surface area (TPSA) is 73.7 Å². The fourth-order valence-corrected chi connectivity index (χ4v) is 4.81. The van der Waals surface area contributed by atoms with Gasteiger partial charge < -0.3 is 14.4 Å². The summed E-state index contributed by atoms with van der Waals surface area (Å²) in [5, 5.41) is 0.526. The van der Waals surface area contributed by atoms with Crippen molar-refractivity contribution in [3.8, 4) is 11.4 Å². The third-order valence-corrected chi connectivity index (χ3v) is 6.31. The van der Waals surface area contributed by atoms with Crippen LogP contribution in [0.2, 0.25) is 0 Å². The maximum Gasteiger partial charge on any atom is 0.266 e. The summed E-state index contributed by atoms with van der Waals surface area (Å²) >= 11 is 0. The summed E-state index contributed by atoms with van der Waals surface area (Å²) in [5.74, 6) is 1.46. The fourth-order valence-electron chi connectivity index (χ4n) is 4.81. The van der Waals surface area contributed by atoms with E-state index in [1.54, 1.807) is 29.8 Å². The Hall–Kier alpha value is -3.19. The first-order valence-electron chi connectivity index (χ1n) is 12.5. The lowest BCUT2D eigenvalue weighted by atomic mass is 9.84. The molecule has 7 nitrogen and oxygen atoms in total. The summed E-state index contributed by atoms with van der Waals surface area (Å²) in [5.41, 5.74) is 1.24. The van der Waals surface area contributed by atoms with Crippen LogP contribution >= 0.6 is 0 Å². The van der Waals surface area contributed by atoms with Gasteiger partial charge >= 0.3 is 0 Å². The predicted molar refractivity (Wildman–Crippen MR) is 144 cm³/mol. The number of ether oxygens (including phenoxy) is 2. The van der Waals surface area contributed by atoms with Gasteiger partial charge in [-0.05, 0) is 61.1 Å². The molecule has 0 aliphatic heterocycles. The van der Waals surface area contributed by atoms with Gasteiger partial charge in [0.05, 0.1) is 36.3 Å². The van der Waals surface area contributed by atoms with Gasteiger partial charge in [-0.1, -0.05) is 39.8 Å². The summed E-state index contributed by atoms with van der Waals surface area (Å²) in [4.78, 5) is 34.0. The number of carbonyl (C=O) groups excluding carboxylic acids is 1. The molecule has 194 valence electrons. The molecule has 0 saturated heterocycles. The molecule has 0 fully saturated rings. The van der Waals surface area contributed by atoms with Crippen molar-refractivity contribution in [1.82, 2.24) is 14.5 Å². The monoisotopic (exact) mass is 493 g/mol. The Bertz CT molecular complexity index is 1230. The molecule has 2 aromatic carbocycles. The molecule has 0 radical (unpaired) electrons. The summed E-state index contributed by atoms with van der Waals surface area (Å²) in [6.45, 7) is 11.4.